The molecule has 1 heterocycles. The number of nitrogens with two attached hydrogens (primary N) is 1. The van der Waals surface area contributed by atoms with Crippen molar-refractivity contribution < 1.29 is 4.79 Å². The van der Waals surface area contributed by atoms with Crippen LogP contribution >= 0.6 is 0 Å². The summed E-state index contributed by atoms with van der Waals surface area (Å²) < 4.78 is 1.59. The minimum atomic E-state index is -0.181. The summed E-state index contributed by atoms with van der Waals surface area (Å²) in [5, 5.41) is 6.85. The zero-order valence-electron chi connectivity index (χ0n) is 10.7. The number of aromatic nitrogens is 2. The third-order valence-electron chi connectivity index (χ3n) is 2.92. The number of carbonyl (C=O) groups excluding carboxylic acids is 1. The number of anilines is 2. The maximum Gasteiger partial charge on any atom is 0.258 e. The highest BCUT2D eigenvalue weighted by atomic mass is 16.1. The molecule has 18 heavy (non-hydrogen) atoms. The molecule has 3 N–H and O–H groups in total. The van der Waals surface area contributed by atoms with E-state index in [1.165, 1.54) is 6.20 Å². The molecule has 2 aromatic rings. The van der Waals surface area contributed by atoms with E-state index >= 15 is 0 Å². The Hall–Kier alpha value is -2.30. The molecular formula is C13H16N4O. The second kappa shape index (κ2) is 4.52. The molecule has 0 radical (unpaired) electrons. The van der Waals surface area contributed by atoms with Gasteiger partial charge in [-0.15, -0.1) is 0 Å². The maximum absolute atomic E-state index is 12.0. The third kappa shape index (κ3) is 2.20. The number of nitrogens with one attached hydrogen (secondary N) is 1. The predicted octanol–water partition coefficient (Wildman–Crippen LogP) is 1.87. The zero-order valence-corrected chi connectivity index (χ0v) is 10.7. The summed E-state index contributed by atoms with van der Waals surface area (Å²) >= 11 is 0. The van der Waals surface area contributed by atoms with Crippen molar-refractivity contribution in [2.24, 2.45) is 7.05 Å². The van der Waals surface area contributed by atoms with Gasteiger partial charge in [-0.3, -0.25) is 9.48 Å². The van der Waals surface area contributed by atoms with Gasteiger partial charge in [0, 0.05) is 24.6 Å². The molecule has 0 spiro atoms. The van der Waals surface area contributed by atoms with Crippen LogP contribution in [0.4, 0.5) is 11.4 Å². The minimum absolute atomic E-state index is 0.181. The molecular weight excluding hydrogens is 228 g/mol. The highest BCUT2D eigenvalue weighted by molar-refractivity contribution is 6.05. The topological polar surface area (TPSA) is 72.9 Å². The first-order valence-corrected chi connectivity index (χ1v) is 5.64. The lowest BCUT2D eigenvalue weighted by Gasteiger charge is -2.12. The second-order valence-corrected chi connectivity index (χ2v) is 4.33. The van der Waals surface area contributed by atoms with E-state index in [1.54, 1.807) is 17.9 Å². The third-order valence-corrected chi connectivity index (χ3v) is 2.92. The van der Waals surface area contributed by atoms with Crippen molar-refractivity contribution in [1.29, 1.82) is 0 Å². The van der Waals surface area contributed by atoms with E-state index in [9.17, 15) is 4.79 Å². The summed E-state index contributed by atoms with van der Waals surface area (Å²) in [6.07, 6.45) is 3.21. The van der Waals surface area contributed by atoms with Crippen LogP contribution in [0.2, 0.25) is 0 Å². The predicted molar refractivity (Wildman–Crippen MR) is 71.5 cm³/mol. The summed E-state index contributed by atoms with van der Waals surface area (Å²) in [6.45, 7) is 3.83. The Morgan fingerprint density at radius 3 is 2.72 bits per heavy atom. The van der Waals surface area contributed by atoms with Gasteiger partial charge < -0.3 is 11.1 Å². The van der Waals surface area contributed by atoms with Crippen molar-refractivity contribution in [2.75, 3.05) is 11.1 Å². The van der Waals surface area contributed by atoms with Crippen molar-refractivity contribution in [2.45, 2.75) is 13.8 Å². The highest BCUT2D eigenvalue weighted by Crippen LogP contribution is 2.25. The van der Waals surface area contributed by atoms with Crippen molar-refractivity contribution in [1.82, 2.24) is 9.78 Å². The van der Waals surface area contributed by atoms with Gasteiger partial charge in [0.1, 0.15) is 0 Å². The Balaban J connectivity index is 2.30. The summed E-state index contributed by atoms with van der Waals surface area (Å²) in [5.41, 5.74) is 9.67. The largest absolute Gasteiger partial charge is 0.398 e. The smallest absolute Gasteiger partial charge is 0.258 e. The summed E-state index contributed by atoms with van der Waals surface area (Å²) in [6, 6.07) is 3.73. The lowest BCUT2D eigenvalue weighted by Crippen LogP contribution is -2.13. The number of benzene rings is 1. The molecule has 2 rings (SSSR count). The molecule has 5 nitrogen and oxygen atoms in total. The fourth-order valence-corrected chi connectivity index (χ4v) is 1.78. The molecule has 1 aromatic carbocycles. The SMILES string of the molecule is Cc1ccc(N)c(C)c1NC(=O)c1cnn(C)c1. The van der Waals surface area contributed by atoms with Crippen LogP contribution in [0.3, 0.4) is 0 Å². The number of aryl methyl sites for hydroxylation is 2. The second-order valence-electron chi connectivity index (χ2n) is 4.33. The van der Waals surface area contributed by atoms with Gasteiger partial charge in [0.25, 0.3) is 5.91 Å². The normalized spacial score (nSPS) is 10.4. The van der Waals surface area contributed by atoms with Gasteiger partial charge in [-0.1, -0.05) is 6.07 Å². The van der Waals surface area contributed by atoms with E-state index in [4.69, 9.17) is 5.73 Å². The standard InChI is InChI=1S/C13H16N4O/c1-8-4-5-11(14)9(2)12(8)16-13(18)10-6-15-17(3)7-10/h4-7H,14H2,1-3H3,(H,16,18). The van der Waals surface area contributed by atoms with E-state index in [0.29, 0.717) is 11.3 Å². The molecule has 0 saturated heterocycles. The quantitative estimate of drug-likeness (QED) is 0.792. The van der Waals surface area contributed by atoms with Crippen molar-refractivity contribution in [3.05, 3.63) is 41.2 Å². The first kappa shape index (κ1) is 12.2. The van der Waals surface area contributed by atoms with Crippen LogP contribution in [0, 0.1) is 13.8 Å². The lowest BCUT2D eigenvalue weighted by atomic mass is 10.1. The Morgan fingerprint density at radius 1 is 1.39 bits per heavy atom. The van der Waals surface area contributed by atoms with Gasteiger partial charge in [-0.25, -0.2) is 0 Å². The van der Waals surface area contributed by atoms with Gasteiger partial charge in [0.05, 0.1) is 11.8 Å². The van der Waals surface area contributed by atoms with E-state index in [1.807, 2.05) is 26.0 Å². The molecule has 94 valence electrons. The fraction of sp³-hybridized carbons (Fsp3) is 0.231. The van der Waals surface area contributed by atoms with Crippen LogP contribution in [0.25, 0.3) is 0 Å². The molecule has 0 unspecified atom stereocenters. The van der Waals surface area contributed by atoms with Crippen LogP contribution < -0.4 is 11.1 Å². The summed E-state index contributed by atoms with van der Waals surface area (Å²) in [7, 11) is 1.77. The van der Waals surface area contributed by atoms with E-state index < -0.39 is 0 Å². The molecule has 5 heteroatoms. The number of hydrogen-bond donors (Lipinski definition) is 2. The molecule has 0 saturated carbocycles. The number of carbonyl (C=O) groups is 1. The number of rotatable bonds is 2. The van der Waals surface area contributed by atoms with Gasteiger partial charge in [0.15, 0.2) is 0 Å². The lowest BCUT2D eigenvalue weighted by molar-refractivity contribution is 0.102. The van der Waals surface area contributed by atoms with E-state index in [0.717, 1.165) is 16.8 Å². The van der Waals surface area contributed by atoms with Crippen LogP contribution in [0.15, 0.2) is 24.5 Å². The van der Waals surface area contributed by atoms with Crippen LogP contribution in [0.1, 0.15) is 21.5 Å². The molecule has 0 atom stereocenters. The number of amides is 1. The maximum atomic E-state index is 12.0. The molecule has 0 fully saturated rings. The molecule has 0 aliphatic rings. The van der Waals surface area contributed by atoms with Gasteiger partial charge in [-0.2, -0.15) is 5.10 Å². The van der Waals surface area contributed by atoms with Gasteiger partial charge >= 0.3 is 0 Å². The Kier molecular flexibility index (Phi) is 3.06. The van der Waals surface area contributed by atoms with Crippen molar-refractivity contribution in [3.63, 3.8) is 0 Å². The molecule has 1 amide bonds. The Morgan fingerprint density at radius 2 is 2.11 bits per heavy atom. The minimum Gasteiger partial charge on any atom is -0.398 e. The number of nitrogen functional groups attached to an aromatic ring is 1. The van der Waals surface area contributed by atoms with E-state index in [-0.39, 0.29) is 5.91 Å². The van der Waals surface area contributed by atoms with Gasteiger partial charge in [0.2, 0.25) is 0 Å². The number of hydrogen-bond acceptors (Lipinski definition) is 3. The van der Waals surface area contributed by atoms with Crippen LogP contribution in [0.5, 0.6) is 0 Å². The molecule has 0 aliphatic carbocycles. The monoisotopic (exact) mass is 244 g/mol. The Labute approximate surface area is 106 Å². The van der Waals surface area contributed by atoms with Crippen LogP contribution in [-0.2, 0) is 7.05 Å². The van der Waals surface area contributed by atoms with Gasteiger partial charge in [-0.05, 0) is 31.0 Å². The van der Waals surface area contributed by atoms with Crippen molar-refractivity contribution >= 4 is 17.3 Å². The van der Waals surface area contributed by atoms with E-state index in [2.05, 4.69) is 10.4 Å². The Bertz CT molecular complexity index is 601. The highest BCUT2D eigenvalue weighted by Gasteiger charge is 2.12. The molecule has 1 aromatic heterocycles. The first-order chi connectivity index (χ1) is 8.49. The molecule has 0 bridgehead atoms. The average Bonchev–Trinajstić information content (AvgIpc) is 2.76. The summed E-state index contributed by atoms with van der Waals surface area (Å²) in [4.78, 5) is 12.0. The zero-order chi connectivity index (χ0) is 13.3. The summed E-state index contributed by atoms with van der Waals surface area (Å²) in [5.74, 6) is -0.181. The number of nitrogens with zero attached hydrogens (tertiary/aromatic N) is 2. The van der Waals surface area contributed by atoms with Crippen LogP contribution in [-0.4, -0.2) is 15.7 Å². The van der Waals surface area contributed by atoms with Crippen molar-refractivity contribution in [3.8, 4) is 0 Å². The molecule has 0 aliphatic heterocycles. The first-order valence-electron chi connectivity index (χ1n) is 5.64. The fourth-order valence-electron chi connectivity index (χ4n) is 1.78. The average molecular weight is 244 g/mol.